The SMILES string of the molecule is CCCNC(Cc1cc(Br)cs1)C1CSC(C)C(C)S1. The van der Waals surface area contributed by atoms with Gasteiger partial charge in [-0.2, -0.15) is 23.5 Å². The van der Waals surface area contributed by atoms with Crippen molar-refractivity contribution in [2.75, 3.05) is 12.3 Å². The van der Waals surface area contributed by atoms with Crippen molar-refractivity contribution in [2.24, 2.45) is 0 Å². The molecule has 0 aromatic carbocycles. The first-order valence-electron chi connectivity index (χ1n) is 7.33. The Balaban J connectivity index is 1.99. The Bertz CT molecular complexity index is 410. The van der Waals surface area contributed by atoms with Crippen molar-refractivity contribution >= 4 is 50.8 Å². The summed E-state index contributed by atoms with van der Waals surface area (Å²) in [5.41, 5.74) is 0. The Labute approximate surface area is 144 Å². The fraction of sp³-hybridized carbons (Fsp3) is 0.733. The molecule has 1 aliphatic heterocycles. The number of hydrogen-bond donors (Lipinski definition) is 1. The first kappa shape index (κ1) is 17.2. The summed E-state index contributed by atoms with van der Waals surface area (Å²) in [5.74, 6) is 1.28. The Kier molecular flexibility index (Phi) is 7.28. The van der Waals surface area contributed by atoms with Crippen LogP contribution in [0.25, 0.3) is 0 Å². The van der Waals surface area contributed by atoms with E-state index < -0.39 is 0 Å². The van der Waals surface area contributed by atoms with Crippen LogP contribution in [0.2, 0.25) is 0 Å². The van der Waals surface area contributed by atoms with Gasteiger partial charge in [0.1, 0.15) is 0 Å². The molecular formula is C15H24BrNS3. The highest BCUT2D eigenvalue weighted by Crippen LogP contribution is 2.38. The first-order valence-corrected chi connectivity index (χ1v) is 11.0. The average Bonchev–Trinajstić information content (AvgIpc) is 2.83. The molecule has 0 bridgehead atoms. The monoisotopic (exact) mass is 393 g/mol. The minimum atomic E-state index is 0.605. The van der Waals surface area contributed by atoms with Gasteiger partial charge in [0.2, 0.25) is 0 Å². The van der Waals surface area contributed by atoms with Crippen LogP contribution in [0, 0.1) is 0 Å². The maximum Gasteiger partial charge on any atom is 0.0298 e. The molecule has 1 fully saturated rings. The molecule has 0 aliphatic carbocycles. The zero-order valence-corrected chi connectivity index (χ0v) is 16.4. The lowest BCUT2D eigenvalue weighted by Gasteiger charge is -2.36. The molecule has 1 nitrogen and oxygen atoms in total. The molecule has 2 heterocycles. The number of halogens is 1. The van der Waals surface area contributed by atoms with Crippen molar-refractivity contribution in [3.05, 3.63) is 20.8 Å². The molecule has 0 amide bonds. The van der Waals surface area contributed by atoms with E-state index >= 15 is 0 Å². The predicted octanol–water partition coefficient (Wildman–Crippen LogP) is 5.05. The van der Waals surface area contributed by atoms with Crippen molar-refractivity contribution < 1.29 is 0 Å². The smallest absolute Gasteiger partial charge is 0.0298 e. The third kappa shape index (κ3) is 4.94. The first-order chi connectivity index (χ1) is 9.60. The topological polar surface area (TPSA) is 12.0 Å². The lowest BCUT2D eigenvalue weighted by atomic mass is 10.1. The molecule has 1 aromatic heterocycles. The minimum Gasteiger partial charge on any atom is -0.312 e. The second-order valence-electron chi connectivity index (χ2n) is 5.41. The second kappa shape index (κ2) is 8.47. The van der Waals surface area contributed by atoms with Crippen LogP contribution in [0.3, 0.4) is 0 Å². The zero-order chi connectivity index (χ0) is 14.5. The quantitative estimate of drug-likeness (QED) is 0.725. The van der Waals surface area contributed by atoms with E-state index in [-0.39, 0.29) is 0 Å². The summed E-state index contributed by atoms with van der Waals surface area (Å²) in [6, 6.07) is 2.88. The van der Waals surface area contributed by atoms with E-state index in [0.717, 1.165) is 28.7 Å². The van der Waals surface area contributed by atoms with Gasteiger partial charge in [0.25, 0.3) is 0 Å². The van der Waals surface area contributed by atoms with Gasteiger partial charge in [-0.05, 0) is 41.4 Å². The van der Waals surface area contributed by atoms with Crippen molar-refractivity contribution in [2.45, 2.75) is 55.4 Å². The highest BCUT2D eigenvalue weighted by atomic mass is 79.9. The van der Waals surface area contributed by atoms with Crippen molar-refractivity contribution in [1.29, 1.82) is 0 Å². The molecule has 1 aromatic rings. The van der Waals surface area contributed by atoms with Gasteiger partial charge in [-0.1, -0.05) is 20.8 Å². The highest BCUT2D eigenvalue weighted by molar-refractivity contribution is 9.10. The number of thiophene rings is 1. The fourth-order valence-corrected chi connectivity index (χ4v) is 7.00. The summed E-state index contributed by atoms with van der Waals surface area (Å²) in [7, 11) is 0. The van der Waals surface area contributed by atoms with Crippen molar-refractivity contribution in [1.82, 2.24) is 5.32 Å². The van der Waals surface area contributed by atoms with Crippen LogP contribution >= 0.6 is 50.8 Å². The van der Waals surface area contributed by atoms with E-state index in [4.69, 9.17) is 0 Å². The van der Waals surface area contributed by atoms with Gasteiger partial charge in [0.05, 0.1) is 0 Å². The molecule has 0 saturated carbocycles. The average molecular weight is 394 g/mol. The summed E-state index contributed by atoms with van der Waals surface area (Å²) in [5, 5.41) is 8.27. The molecule has 1 N–H and O–H groups in total. The van der Waals surface area contributed by atoms with Gasteiger partial charge in [-0.15, -0.1) is 11.3 Å². The van der Waals surface area contributed by atoms with Gasteiger partial charge < -0.3 is 5.32 Å². The largest absolute Gasteiger partial charge is 0.312 e. The molecule has 20 heavy (non-hydrogen) atoms. The molecule has 0 spiro atoms. The molecule has 0 radical (unpaired) electrons. The van der Waals surface area contributed by atoms with E-state index in [1.54, 1.807) is 0 Å². The summed E-state index contributed by atoms with van der Waals surface area (Å²) < 4.78 is 1.22. The number of rotatable bonds is 6. The summed E-state index contributed by atoms with van der Waals surface area (Å²) in [4.78, 5) is 1.49. The molecular weight excluding hydrogens is 370 g/mol. The Morgan fingerprint density at radius 1 is 1.40 bits per heavy atom. The van der Waals surface area contributed by atoms with Crippen LogP contribution in [-0.4, -0.2) is 34.1 Å². The highest BCUT2D eigenvalue weighted by Gasteiger charge is 2.31. The number of hydrogen-bond acceptors (Lipinski definition) is 4. The number of nitrogens with one attached hydrogen (secondary N) is 1. The Hall–Kier alpha value is 0.840. The lowest BCUT2D eigenvalue weighted by Crippen LogP contribution is -2.44. The molecule has 1 saturated heterocycles. The molecule has 4 atom stereocenters. The van der Waals surface area contributed by atoms with Crippen LogP contribution < -0.4 is 5.32 Å². The van der Waals surface area contributed by atoms with Gasteiger partial charge in [-0.3, -0.25) is 0 Å². The van der Waals surface area contributed by atoms with Crippen LogP contribution in [-0.2, 0) is 6.42 Å². The van der Waals surface area contributed by atoms with Crippen LogP contribution in [0.1, 0.15) is 32.1 Å². The standard InChI is InChI=1S/C15H24BrNS3/c1-4-5-17-14(7-13-6-12(16)8-19-13)15-9-18-10(2)11(3)20-15/h6,8,10-11,14-15,17H,4-5,7,9H2,1-3H3. The fourth-order valence-electron chi connectivity index (χ4n) is 2.36. The third-order valence-corrected chi connectivity index (χ3v) is 8.99. The minimum absolute atomic E-state index is 0.605. The van der Waals surface area contributed by atoms with Crippen molar-refractivity contribution in [3.63, 3.8) is 0 Å². The summed E-state index contributed by atoms with van der Waals surface area (Å²) >= 11 is 9.78. The summed E-state index contributed by atoms with van der Waals surface area (Å²) in [6.07, 6.45) is 2.37. The summed E-state index contributed by atoms with van der Waals surface area (Å²) in [6.45, 7) is 8.12. The number of thioether (sulfide) groups is 2. The van der Waals surface area contributed by atoms with Gasteiger partial charge in [-0.25, -0.2) is 0 Å². The molecule has 114 valence electrons. The van der Waals surface area contributed by atoms with Crippen LogP contribution in [0.5, 0.6) is 0 Å². The van der Waals surface area contributed by atoms with E-state index in [1.807, 2.05) is 11.3 Å². The van der Waals surface area contributed by atoms with Crippen LogP contribution in [0.15, 0.2) is 15.9 Å². The van der Waals surface area contributed by atoms with Crippen LogP contribution in [0.4, 0.5) is 0 Å². The molecule has 2 rings (SSSR count). The zero-order valence-electron chi connectivity index (χ0n) is 12.4. The van der Waals surface area contributed by atoms with E-state index in [2.05, 4.69) is 77.0 Å². The Morgan fingerprint density at radius 2 is 2.20 bits per heavy atom. The van der Waals surface area contributed by atoms with E-state index in [0.29, 0.717) is 6.04 Å². The van der Waals surface area contributed by atoms with E-state index in [1.165, 1.54) is 21.5 Å². The van der Waals surface area contributed by atoms with Crippen molar-refractivity contribution in [3.8, 4) is 0 Å². The van der Waals surface area contributed by atoms with Gasteiger partial charge >= 0.3 is 0 Å². The maximum atomic E-state index is 3.79. The van der Waals surface area contributed by atoms with E-state index in [9.17, 15) is 0 Å². The third-order valence-electron chi connectivity index (χ3n) is 3.72. The maximum absolute atomic E-state index is 3.79. The lowest BCUT2D eigenvalue weighted by molar-refractivity contribution is 0.506. The normalized spacial score (nSPS) is 28.5. The molecule has 1 aliphatic rings. The Morgan fingerprint density at radius 3 is 2.80 bits per heavy atom. The predicted molar refractivity (Wildman–Crippen MR) is 101 cm³/mol. The van der Waals surface area contributed by atoms with Gasteiger partial charge in [0.15, 0.2) is 0 Å². The molecule has 4 unspecified atom stereocenters. The van der Waals surface area contributed by atoms with Gasteiger partial charge in [0, 0.05) is 42.3 Å². The second-order valence-corrected chi connectivity index (χ2v) is 10.4. The molecule has 5 heteroatoms.